The van der Waals surface area contributed by atoms with Crippen LogP contribution in [0.25, 0.3) is 11.3 Å². The van der Waals surface area contributed by atoms with E-state index in [0.717, 1.165) is 10.0 Å². The highest BCUT2D eigenvalue weighted by Gasteiger charge is 2.07. The summed E-state index contributed by atoms with van der Waals surface area (Å²) >= 11 is 3.34. The van der Waals surface area contributed by atoms with Gasteiger partial charge in [-0.15, -0.1) is 0 Å². The standard InChI is InChI=1S/C17H12BrN3O2/c18-13-6-4-11(5-7-13)17(23)19-14-3-1-2-12(10-14)15-8-9-16(22)21-20-15/h1-10H,(H,19,23)(H,21,22). The zero-order chi connectivity index (χ0) is 16.2. The molecule has 0 saturated heterocycles. The summed E-state index contributed by atoms with van der Waals surface area (Å²) in [7, 11) is 0. The van der Waals surface area contributed by atoms with Crippen molar-refractivity contribution < 1.29 is 4.79 Å². The molecule has 6 heteroatoms. The largest absolute Gasteiger partial charge is 0.322 e. The molecule has 114 valence electrons. The smallest absolute Gasteiger partial charge is 0.264 e. The Balaban J connectivity index is 1.82. The molecule has 0 aliphatic rings. The molecule has 2 aromatic carbocycles. The van der Waals surface area contributed by atoms with Gasteiger partial charge in [0, 0.05) is 27.4 Å². The predicted molar refractivity (Wildman–Crippen MR) is 92.4 cm³/mol. The summed E-state index contributed by atoms with van der Waals surface area (Å²) in [4.78, 5) is 23.3. The normalized spacial score (nSPS) is 10.3. The second kappa shape index (κ2) is 6.58. The molecule has 0 aliphatic heterocycles. The van der Waals surface area contributed by atoms with Gasteiger partial charge in [0.05, 0.1) is 5.69 Å². The Kier molecular flexibility index (Phi) is 4.34. The summed E-state index contributed by atoms with van der Waals surface area (Å²) in [6, 6.07) is 17.4. The number of carbonyl (C=O) groups is 1. The van der Waals surface area contributed by atoms with E-state index in [1.165, 1.54) is 6.07 Å². The summed E-state index contributed by atoms with van der Waals surface area (Å²) < 4.78 is 0.917. The van der Waals surface area contributed by atoms with Crippen LogP contribution < -0.4 is 10.9 Å². The average molecular weight is 370 g/mol. The molecule has 1 amide bonds. The molecule has 3 aromatic rings. The van der Waals surface area contributed by atoms with Gasteiger partial charge < -0.3 is 5.32 Å². The van der Waals surface area contributed by atoms with Gasteiger partial charge in [-0.3, -0.25) is 9.59 Å². The topological polar surface area (TPSA) is 74.8 Å². The Morgan fingerprint density at radius 3 is 2.52 bits per heavy atom. The fraction of sp³-hybridized carbons (Fsp3) is 0. The highest BCUT2D eigenvalue weighted by molar-refractivity contribution is 9.10. The van der Waals surface area contributed by atoms with Crippen molar-refractivity contribution in [1.29, 1.82) is 0 Å². The number of halogens is 1. The van der Waals surface area contributed by atoms with E-state index in [0.29, 0.717) is 16.9 Å². The number of hydrogen-bond donors (Lipinski definition) is 2. The molecule has 3 rings (SSSR count). The number of nitrogens with one attached hydrogen (secondary N) is 2. The van der Waals surface area contributed by atoms with Crippen LogP contribution in [0.3, 0.4) is 0 Å². The van der Waals surface area contributed by atoms with Gasteiger partial charge in [-0.2, -0.15) is 5.10 Å². The second-order valence-corrected chi connectivity index (χ2v) is 5.76. The van der Waals surface area contributed by atoms with Gasteiger partial charge >= 0.3 is 0 Å². The van der Waals surface area contributed by atoms with Gasteiger partial charge in [-0.05, 0) is 42.5 Å². The molecule has 0 fully saturated rings. The molecule has 1 aromatic heterocycles. The predicted octanol–water partition coefficient (Wildman–Crippen LogP) is 3.45. The molecule has 1 heterocycles. The summed E-state index contributed by atoms with van der Waals surface area (Å²) in [6.45, 7) is 0. The summed E-state index contributed by atoms with van der Waals surface area (Å²) in [5.74, 6) is -0.191. The highest BCUT2D eigenvalue weighted by atomic mass is 79.9. The Labute approximate surface area is 140 Å². The van der Waals surface area contributed by atoms with Gasteiger partial charge in [-0.1, -0.05) is 28.1 Å². The number of rotatable bonds is 3. The molecule has 0 bridgehead atoms. The third kappa shape index (κ3) is 3.73. The minimum atomic E-state index is -0.256. The van der Waals surface area contributed by atoms with Crippen LogP contribution in [0.15, 0.2) is 69.9 Å². The fourth-order valence-corrected chi connectivity index (χ4v) is 2.33. The van der Waals surface area contributed by atoms with Crippen molar-refractivity contribution >= 4 is 27.5 Å². The van der Waals surface area contributed by atoms with Crippen LogP contribution in [-0.2, 0) is 0 Å². The van der Waals surface area contributed by atoms with Gasteiger partial charge in [0.25, 0.3) is 11.5 Å². The van der Waals surface area contributed by atoms with Gasteiger partial charge in [0.1, 0.15) is 0 Å². The van der Waals surface area contributed by atoms with Crippen LogP contribution in [0.2, 0.25) is 0 Å². The van der Waals surface area contributed by atoms with Crippen molar-refractivity contribution in [1.82, 2.24) is 10.2 Å². The lowest BCUT2D eigenvalue weighted by Gasteiger charge is -2.07. The van der Waals surface area contributed by atoms with Gasteiger partial charge in [-0.25, -0.2) is 5.10 Å². The van der Waals surface area contributed by atoms with E-state index < -0.39 is 0 Å². The van der Waals surface area contributed by atoms with Crippen LogP contribution in [0, 0.1) is 0 Å². The number of amides is 1. The Bertz CT molecular complexity index is 884. The van der Waals surface area contributed by atoms with Crippen molar-refractivity contribution in [3.8, 4) is 11.3 Å². The zero-order valence-electron chi connectivity index (χ0n) is 11.9. The third-order valence-electron chi connectivity index (χ3n) is 3.20. The summed E-state index contributed by atoms with van der Waals surface area (Å²) in [5, 5.41) is 9.22. The molecule has 2 N–H and O–H groups in total. The van der Waals surface area contributed by atoms with Gasteiger partial charge in [0.15, 0.2) is 0 Å². The number of hydrogen-bond acceptors (Lipinski definition) is 3. The maximum atomic E-state index is 12.2. The number of carbonyl (C=O) groups excluding carboxylic acids is 1. The molecule has 0 aliphatic carbocycles. The van der Waals surface area contributed by atoms with Crippen molar-refractivity contribution in [2.24, 2.45) is 0 Å². The van der Waals surface area contributed by atoms with E-state index in [9.17, 15) is 9.59 Å². The first kappa shape index (κ1) is 15.2. The monoisotopic (exact) mass is 369 g/mol. The van der Waals surface area contributed by atoms with Crippen LogP contribution in [-0.4, -0.2) is 16.1 Å². The number of H-pyrrole nitrogens is 1. The van der Waals surface area contributed by atoms with Crippen molar-refractivity contribution in [2.45, 2.75) is 0 Å². The first-order valence-corrected chi connectivity index (χ1v) is 7.64. The van der Waals surface area contributed by atoms with Crippen LogP contribution in [0.1, 0.15) is 10.4 Å². The molecule has 23 heavy (non-hydrogen) atoms. The first-order chi connectivity index (χ1) is 11.1. The quantitative estimate of drug-likeness (QED) is 0.742. The second-order valence-electron chi connectivity index (χ2n) is 4.85. The van der Waals surface area contributed by atoms with E-state index in [1.54, 1.807) is 30.3 Å². The first-order valence-electron chi connectivity index (χ1n) is 6.85. The molecule has 0 saturated carbocycles. The van der Waals surface area contributed by atoms with Crippen molar-refractivity contribution in [3.05, 3.63) is 81.1 Å². The van der Waals surface area contributed by atoms with Crippen LogP contribution in [0.4, 0.5) is 5.69 Å². The Morgan fingerprint density at radius 1 is 1.04 bits per heavy atom. The van der Waals surface area contributed by atoms with Crippen LogP contribution in [0.5, 0.6) is 0 Å². The van der Waals surface area contributed by atoms with E-state index in [1.807, 2.05) is 24.3 Å². The van der Waals surface area contributed by atoms with Gasteiger partial charge in [0.2, 0.25) is 0 Å². The van der Waals surface area contributed by atoms with Crippen molar-refractivity contribution in [3.63, 3.8) is 0 Å². The van der Waals surface area contributed by atoms with E-state index in [2.05, 4.69) is 31.4 Å². The molecule has 0 atom stereocenters. The number of aromatic amines is 1. The molecule has 0 unspecified atom stereocenters. The molecular formula is C17H12BrN3O2. The lowest BCUT2D eigenvalue weighted by atomic mass is 10.1. The van der Waals surface area contributed by atoms with Crippen molar-refractivity contribution in [2.75, 3.05) is 5.32 Å². The Morgan fingerprint density at radius 2 is 1.83 bits per heavy atom. The molecular weight excluding hydrogens is 358 g/mol. The molecule has 0 spiro atoms. The van der Waals surface area contributed by atoms with Crippen LogP contribution >= 0.6 is 15.9 Å². The minimum absolute atomic E-state index is 0.191. The Hall–Kier alpha value is -2.73. The average Bonchev–Trinajstić information content (AvgIpc) is 2.56. The number of anilines is 1. The summed E-state index contributed by atoms with van der Waals surface area (Å²) in [5.41, 5.74) is 2.40. The number of benzene rings is 2. The molecule has 5 nitrogen and oxygen atoms in total. The SMILES string of the molecule is O=C(Nc1cccc(-c2ccc(=O)[nH]n2)c1)c1ccc(Br)cc1. The van der Waals surface area contributed by atoms with E-state index in [-0.39, 0.29) is 11.5 Å². The minimum Gasteiger partial charge on any atom is -0.322 e. The maximum Gasteiger partial charge on any atom is 0.264 e. The summed E-state index contributed by atoms with van der Waals surface area (Å²) in [6.07, 6.45) is 0. The lowest BCUT2D eigenvalue weighted by Crippen LogP contribution is -2.11. The fourth-order valence-electron chi connectivity index (χ4n) is 2.07. The highest BCUT2D eigenvalue weighted by Crippen LogP contribution is 2.20. The van der Waals surface area contributed by atoms with E-state index >= 15 is 0 Å². The third-order valence-corrected chi connectivity index (χ3v) is 3.73. The number of nitrogens with zero attached hydrogens (tertiary/aromatic N) is 1. The zero-order valence-corrected chi connectivity index (χ0v) is 13.5. The number of aromatic nitrogens is 2. The maximum absolute atomic E-state index is 12.2. The molecule has 0 radical (unpaired) electrons. The van der Waals surface area contributed by atoms with E-state index in [4.69, 9.17) is 0 Å². The lowest BCUT2D eigenvalue weighted by molar-refractivity contribution is 0.102.